The lowest BCUT2D eigenvalue weighted by atomic mass is 10.1. The molecule has 0 saturated heterocycles. The Kier molecular flexibility index (Phi) is 15.1. The molecule has 0 saturated carbocycles. The van der Waals surface area contributed by atoms with Crippen LogP contribution in [0.2, 0.25) is 0 Å². The predicted molar refractivity (Wildman–Crippen MR) is 250 cm³/mol. The van der Waals surface area contributed by atoms with Crippen LogP contribution in [0.1, 0.15) is 80.3 Å². The van der Waals surface area contributed by atoms with Crippen LogP contribution in [0, 0.1) is 0 Å². The SMILES string of the molecule is CCN(CC)c1nc(OCc2cccc(COc3nc(N(CC)CC)nc(N(C(=O)c4ccccc4)C(=O)c4ccccc4)n3)c2)nc(N(C(=O)c2ccccc2)C(=O)c2ccccc2)n1. The molecule has 2 heterocycles. The van der Waals surface area contributed by atoms with E-state index >= 15 is 0 Å². The molecule has 0 bridgehead atoms. The molecule has 16 heteroatoms. The van der Waals surface area contributed by atoms with E-state index in [-0.39, 0.29) is 71.3 Å². The molecule has 0 aliphatic carbocycles. The highest BCUT2D eigenvalue weighted by molar-refractivity contribution is 6.25. The van der Waals surface area contributed by atoms with Crippen LogP contribution in [0.25, 0.3) is 0 Å². The minimum atomic E-state index is -0.618. The standard InChI is InChI=1S/C50H48N10O6/c1-5-57(6-2)45-51-47(59(41(61)37-24-13-9-14-25-37)42(62)38-26-15-10-16-27-38)55-49(53-45)65-33-35-22-21-23-36(32-35)34-66-50-54-46(58(7-3)8-4)52-48(56-50)60(43(63)39-28-17-11-18-29-39)44(64)40-30-19-12-20-31-40/h9-32H,5-8,33-34H2,1-4H3. The number of rotatable bonds is 18. The normalized spacial score (nSPS) is 10.7. The topological polar surface area (TPSA) is 177 Å². The number of hydrogen-bond donors (Lipinski definition) is 0. The van der Waals surface area contributed by atoms with E-state index in [4.69, 9.17) is 9.47 Å². The van der Waals surface area contributed by atoms with E-state index in [9.17, 15) is 19.2 Å². The Balaban J connectivity index is 1.17. The smallest absolute Gasteiger partial charge is 0.323 e. The fourth-order valence-electron chi connectivity index (χ4n) is 6.79. The van der Waals surface area contributed by atoms with Crippen LogP contribution in [0.5, 0.6) is 12.0 Å². The van der Waals surface area contributed by atoms with Crippen molar-refractivity contribution in [2.45, 2.75) is 40.9 Å². The quantitative estimate of drug-likeness (QED) is 0.0761. The molecule has 0 aliphatic heterocycles. The summed E-state index contributed by atoms with van der Waals surface area (Å²) in [5, 5.41) is 0. The molecule has 16 nitrogen and oxygen atoms in total. The Hall–Kier alpha value is -8.40. The zero-order valence-corrected chi connectivity index (χ0v) is 37.0. The van der Waals surface area contributed by atoms with Gasteiger partial charge in [0, 0.05) is 48.4 Å². The van der Waals surface area contributed by atoms with Crippen molar-refractivity contribution in [3.05, 3.63) is 179 Å². The lowest BCUT2D eigenvalue weighted by molar-refractivity contribution is 0.0879. The van der Waals surface area contributed by atoms with Gasteiger partial charge in [-0.2, -0.15) is 29.9 Å². The van der Waals surface area contributed by atoms with Gasteiger partial charge in [0.15, 0.2) is 0 Å². The van der Waals surface area contributed by atoms with Gasteiger partial charge in [0.1, 0.15) is 13.2 Å². The van der Waals surface area contributed by atoms with Gasteiger partial charge in [-0.1, -0.05) is 91.0 Å². The second-order valence-corrected chi connectivity index (χ2v) is 14.5. The molecule has 0 fully saturated rings. The van der Waals surface area contributed by atoms with E-state index in [0.29, 0.717) is 37.3 Å². The number of nitrogens with zero attached hydrogens (tertiary/aromatic N) is 10. The summed E-state index contributed by atoms with van der Waals surface area (Å²) in [4.78, 5) is 89.4. The largest absolute Gasteiger partial charge is 0.458 e. The van der Waals surface area contributed by atoms with Gasteiger partial charge in [0.2, 0.25) is 23.8 Å². The van der Waals surface area contributed by atoms with Crippen molar-refractivity contribution in [3.8, 4) is 12.0 Å². The number of hydrogen-bond acceptors (Lipinski definition) is 14. The van der Waals surface area contributed by atoms with Crippen molar-refractivity contribution >= 4 is 47.4 Å². The number of anilines is 4. The molecular formula is C50H48N10O6. The Morgan fingerprint density at radius 1 is 0.379 bits per heavy atom. The van der Waals surface area contributed by atoms with E-state index in [1.165, 1.54) is 0 Å². The maximum atomic E-state index is 14.1. The molecular weight excluding hydrogens is 837 g/mol. The highest BCUT2D eigenvalue weighted by Crippen LogP contribution is 2.25. The first-order valence-electron chi connectivity index (χ1n) is 21.5. The third-order valence-corrected chi connectivity index (χ3v) is 10.3. The van der Waals surface area contributed by atoms with Gasteiger partial charge in [-0.3, -0.25) is 19.2 Å². The summed E-state index contributed by atoms with van der Waals surface area (Å²) in [6.07, 6.45) is 0. The maximum absolute atomic E-state index is 14.1. The average molecular weight is 885 g/mol. The molecule has 7 rings (SSSR count). The minimum absolute atomic E-state index is 0.00554. The summed E-state index contributed by atoms with van der Waals surface area (Å²) in [6, 6.07) is 40.9. The van der Waals surface area contributed by atoms with Gasteiger partial charge in [-0.15, -0.1) is 0 Å². The van der Waals surface area contributed by atoms with Crippen molar-refractivity contribution in [2.24, 2.45) is 0 Å². The number of aromatic nitrogens is 6. The lowest BCUT2D eigenvalue weighted by Crippen LogP contribution is -2.39. The van der Waals surface area contributed by atoms with Gasteiger partial charge in [-0.05, 0) is 93.4 Å². The summed E-state index contributed by atoms with van der Waals surface area (Å²) in [7, 11) is 0. The second kappa shape index (κ2) is 21.8. The summed E-state index contributed by atoms with van der Waals surface area (Å²) in [5.41, 5.74) is 2.50. The van der Waals surface area contributed by atoms with Crippen LogP contribution in [0.3, 0.4) is 0 Å². The van der Waals surface area contributed by atoms with Crippen molar-refractivity contribution in [1.29, 1.82) is 0 Å². The van der Waals surface area contributed by atoms with E-state index < -0.39 is 23.6 Å². The zero-order valence-electron chi connectivity index (χ0n) is 37.0. The average Bonchev–Trinajstić information content (AvgIpc) is 3.37. The number of imide groups is 2. The monoisotopic (exact) mass is 884 g/mol. The Morgan fingerprint density at radius 3 is 0.955 bits per heavy atom. The molecule has 0 N–H and O–H groups in total. The number of benzene rings is 5. The van der Waals surface area contributed by atoms with Crippen LogP contribution < -0.4 is 29.1 Å². The van der Waals surface area contributed by atoms with Crippen LogP contribution in [0.4, 0.5) is 23.8 Å². The van der Waals surface area contributed by atoms with Crippen molar-refractivity contribution in [1.82, 2.24) is 29.9 Å². The van der Waals surface area contributed by atoms with E-state index in [2.05, 4.69) is 29.9 Å². The Morgan fingerprint density at radius 2 is 0.667 bits per heavy atom. The van der Waals surface area contributed by atoms with Crippen molar-refractivity contribution in [3.63, 3.8) is 0 Å². The van der Waals surface area contributed by atoms with E-state index in [0.717, 1.165) is 9.80 Å². The summed E-state index contributed by atoms with van der Waals surface area (Å²) in [6.45, 7) is 9.88. The molecule has 0 unspecified atom stereocenters. The molecule has 66 heavy (non-hydrogen) atoms. The number of carbonyl (C=O) groups excluding carboxylic acids is 4. The van der Waals surface area contributed by atoms with Crippen LogP contribution in [-0.2, 0) is 13.2 Å². The zero-order chi connectivity index (χ0) is 46.4. The number of ether oxygens (including phenoxy) is 2. The van der Waals surface area contributed by atoms with E-state index in [1.807, 2.05) is 61.8 Å². The second-order valence-electron chi connectivity index (χ2n) is 14.5. The molecule has 0 aliphatic rings. The summed E-state index contributed by atoms with van der Waals surface area (Å²) < 4.78 is 12.4. The van der Waals surface area contributed by atoms with Gasteiger partial charge in [-0.25, -0.2) is 9.80 Å². The number of amides is 4. The highest BCUT2D eigenvalue weighted by atomic mass is 16.5. The predicted octanol–water partition coefficient (Wildman–Crippen LogP) is 7.88. The first-order valence-corrected chi connectivity index (χ1v) is 21.5. The molecule has 0 spiro atoms. The maximum Gasteiger partial charge on any atom is 0.323 e. The molecule has 5 aromatic carbocycles. The Bertz CT molecular complexity index is 2470. The third-order valence-electron chi connectivity index (χ3n) is 10.3. The van der Waals surface area contributed by atoms with Gasteiger partial charge >= 0.3 is 12.0 Å². The Labute approximate surface area is 382 Å². The molecule has 4 amide bonds. The van der Waals surface area contributed by atoms with Crippen molar-refractivity contribution in [2.75, 3.05) is 45.8 Å². The first-order chi connectivity index (χ1) is 32.2. The lowest BCUT2D eigenvalue weighted by Gasteiger charge is -2.23. The van der Waals surface area contributed by atoms with Gasteiger partial charge in [0.05, 0.1) is 0 Å². The molecule has 0 atom stereocenters. The molecule has 334 valence electrons. The molecule has 0 radical (unpaired) electrons. The summed E-state index contributed by atoms with van der Waals surface area (Å²) >= 11 is 0. The van der Waals surface area contributed by atoms with Gasteiger partial charge in [0.25, 0.3) is 23.6 Å². The van der Waals surface area contributed by atoms with Crippen molar-refractivity contribution < 1.29 is 28.7 Å². The third kappa shape index (κ3) is 10.8. The van der Waals surface area contributed by atoms with Crippen LogP contribution in [-0.4, -0.2) is 79.7 Å². The van der Waals surface area contributed by atoms with E-state index in [1.54, 1.807) is 121 Å². The fraction of sp³-hybridized carbons (Fsp3) is 0.200. The molecule has 2 aromatic heterocycles. The highest BCUT2D eigenvalue weighted by Gasteiger charge is 2.32. The van der Waals surface area contributed by atoms with Crippen LogP contribution in [0.15, 0.2) is 146 Å². The molecule has 7 aromatic rings. The van der Waals surface area contributed by atoms with Gasteiger partial charge < -0.3 is 19.3 Å². The van der Waals surface area contributed by atoms with Crippen LogP contribution >= 0.6 is 0 Å². The number of carbonyl (C=O) groups is 4. The minimum Gasteiger partial charge on any atom is -0.458 e. The summed E-state index contributed by atoms with van der Waals surface area (Å²) in [5.74, 6) is -2.40. The fourth-order valence-corrected chi connectivity index (χ4v) is 6.79. The first kappa shape index (κ1) is 45.6.